The molecule has 0 aliphatic carbocycles. The number of nitrogens with two attached hydrogens (primary N) is 1. The van der Waals surface area contributed by atoms with Crippen LogP contribution in [-0.2, 0) is 6.54 Å². The molecule has 0 saturated heterocycles. The van der Waals surface area contributed by atoms with Crippen molar-refractivity contribution < 1.29 is 8.78 Å². The van der Waals surface area contributed by atoms with Gasteiger partial charge in [0.2, 0.25) is 0 Å². The molecule has 20 heavy (non-hydrogen) atoms. The molecular formula is C14H11ClF2N2S. The van der Waals surface area contributed by atoms with Crippen LogP contribution in [0.5, 0.6) is 0 Å². The largest absolute Gasteiger partial charge is 0.389 e. The van der Waals surface area contributed by atoms with Gasteiger partial charge in [0.05, 0.1) is 5.02 Å². The van der Waals surface area contributed by atoms with Crippen LogP contribution in [0.2, 0.25) is 5.02 Å². The van der Waals surface area contributed by atoms with Crippen LogP contribution in [0.4, 0.5) is 14.5 Å². The smallest absolute Gasteiger partial charge is 0.131 e. The fourth-order valence-corrected chi connectivity index (χ4v) is 2.20. The second-order valence-electron chi connectivity index (χ2n) is 4.15. The van der Waals surface area contributed by atoms with Crippen LogP contribution < -0.4 is 11.1 Å². The topological polar surface area (TPSA) is 38.0 Å². The Kier molecular flexibility index (Phi) is 4.52. The number of benzene rings is 2. The minimum absolute atomic E-state index is 0.214. The molecule has 0 spiro atoms. The van der Waals surface area contributed by atoms with Crippen LogP contribution in [0.3, 0.4) is 0 Å². The Hall–Kier alpha value is -1.72. The van der Waals surface area contributed by atoms with Gasteiger partial charge in [0.25, 0.3) is 0 Å². The normalized spacial score (nSPS) is 10.3. The van der Waals surface area contributed by atoms with Gasteiger partial charge in [-0.2, -0.15) is 0 Å². The third-order valence-corrected chi connectivity index (χ3v) is 3.27. The summed E-state index contributed by atoms with van der Waals surface area (Å²) in [4.78, 5) is 0.214. The van der Waals surface area contributed by atoms with E-state index in [0.717, 1.165) is 6.07 Å². The van der Waals surface area contributed by atoms with Gasteiger partial charge in [-0.25, -0.2) is 8.78 Å². The van der Waals surface area contributed by atoms with Crippen molar-refractivity contribution in [2.75, 3.05) is 5.32 Å². The van der Waals surface area contributed by atoms with Gasteiger partial charge < -0.3 is 11.1 Å². The van der Waals surface area contributed by atoms with E-state index < -0.39 is 11.6 Å². The Balaban J connectivity index is 2.11. The first-order valence-corrected chi connectivity index (χ1v) is 6.53. The molecule has 0 atom stereocenters. The molecule has 0 bridgehead atoms. The average Bonchev–Trinajstić information content (AvgIpc) is 2.37. The van der Waals surface area contributed by atoms with Gasteiger partial charge in [-0.15, -0.1) is 0 Å². The lowest BCUT2D eigenvalue weighted by atomic mass is 10.1. The second-order valence-corrected chi connectivity index (χ2v) is 5.00. The fraction of sp³-hybridized carbons (Fsp3) is 0.0714. The Morgan fingerprint density at radius 3 is 2.55 bits per heavy atom. The van der Waals surface area contributed by atoms with Crippen molar-refractivity contribution in [3.8, 4) is 0 Å². The predicted molar refractivity (Wildman–Crippen MR) is 81.0 cm³/mol. The van der Waals surface area contributed by atoms with E-state index in [1.807, 2.05) is 0 Å². The molecule has 0 heterocycles. The van der Waals surface area contributed by atoms with Crippen molar-refractivity contribution in [2.24, 2.45) is 5.73 Å². The van der Waals surface area contributed by atoms with Gasteiger partial charge in [0, 0.05) is 29.4 Å². The zero-order chi connectivity index (χ0) is 14.7. The maximum atomic E-state index is 13.5. The third kappa shape index (κ3) is 3.43. The van der Waals surface area contributed by atoms with Crippen molar-refractivity contribution in [1.29, 1.82) is 0 Å². The molecule has 2 nitrogen and oxygen atoms in total. The first-order chi connectivity index (χ1) is 9.47. The summed E-state index contributed by atoms with van der Waals surface area (Å²) in [6.07, 6.45) is 0. The summed E-state index contributed by atoms with van der Waals surface area (Å²) < 4.78 is 26.2. The zero-order valence-electron chi connectivity index (χ0n) is 10.3. The molecule has 0 aliphatic heterocycles. The SMILES string of the molecule is NC(=S)c1ccc(NCc2ccc(F)cc2F)cc1Cl. The molecule has 2 aromatic rings. The van der Waals surface area contributed by atoms with Gasteiger partial charge >= 0.3 is 0 Å². The molecule has 0 amide bonds. The van der Waals surface area contributed by atoms with E-state index in [2.05, 4.69) is 5.32 Å². The molecule has 2 aromatic carbocycles. The first-order valence-electron chi connectivity index (χ1n) is 5.74. The third-order valence-electron chi connectivity index (χ3n) is 2.73. The zero-order valence-corrected chi connectivity index (χ0v) is 11.9. The number of thiocarbonyl (C=S) groups is 1. The molecule has 0 fully saturated rings. The molecule has 2 rings (SSSR count). The molecular weight excluding hydrogens is 302 g/mol. The van der Waals surface area contributed by atoms with Crippen LogP contribution in [0.25, 0.3) is 0 Å². The molecule has 0 unspecified atom stereocenters. The van der Waals surface area contributed by atoms with Crippen LogP contribution in [0.15, 0.2) is 36.4 Å². The van der Waals surface area contributed by atoms with Crippen LogP contribution >= 0.6 is 23.8 Å². The summed E-state index contributed by atoms with van der Waals surface area (Å²) in [5.41, 5.74) is 7.14. The van der Waals surface area contributed by atoms with Gasteiger partial charge in [0.15, 0.2) is 0 Å². The summed E-state index contributed by atoms with van der Waals surface area (Å²) in [7, 11) is 0. The van der Waals surface area contributed by atoms with E-state index in [0.29, 0.717) is 21.8 Å². The average molecular weight is 313 g/mol. The van der Waals surface area contributed by atoms with Gasteiger partial charge in [-0.3, -0.25) is 0 Å². The summed E-state index contributed by atoms with van der Waals surface area (Å²) in [5.74, 6) is -1.20. The highest BCUT2D eigenvalue weighted by Crippen LogP contribution is 2.21. The Morgan fingerprint density at radius 1 is 1.20 bits per heavy atom. The minimum atomic E-state index is -0.602. The van der Waals surface area contributed by atoms with Crippen LogP contribution in [0.1, 0.15) is 11.1 Å². The Labute approximate surface area is 125 Å². The lowest BCUT2D eigenvalue weighted by Gasteiger charge is -2.09. The molecule has 0 saturated carbocycles. The number of anilines is 1. The summed E-state index contributed by atoms with van der Waals surface area (Å²) in [6, 6.07) is 8.53. The highest BCUT2D eigenvalue weighted by atomic mass is 35.5. The van der Waals surface area contributed by atoms with Gasteiger partial charge in [0.1, 0.15) is 16.6 Å². The lowest BCUT2D eigenvalue weighted by molar-refractivity contribution is 0.574. The highest BCUT2D eigenvalue weighted by Gasteiger charge is 2.06. The van der Waals surface area contributed by atoms with Crippen molar-refractivity contribution in [3.05, 3.63) is 64.2 Å². The standard InChI is InChI=1S/C14H11ClF2N2S/c15-12-6-10(3-4-11(12)14(18)20)19-7-8-1-2-9(16)5-13(8)17/h1-6,19H,7H2,(H2,18,20). The maximum Gasteiger partial charge on any atom is 0.131 e. The van der Waals surface area contributed by atoms with E-state index >= 15 is 0 Å². The predicted octanol–water partition coefficient (Wildman–Crippen LogP) is 3.86. The van der Waals surface area contributed by atoms with Gasteiger partial charge in [-0.1, -0.05) is 29.9 Å². The quantitative estimate of drug-likeness (QED) is 0.842. The molecule has 3 N–H and O–H groups in total. The van der Waals surface area contributed by atoms with Gasteiger partial charge in [-0.05, 0) is 24.3 Å². The molecule has 0 aliphatic rings. The Bertz CT molecular complexity index is 662. The summed E-state index contributed by atoms with van der Waals surface area (Å²) >= 11 is 10.9. The van der Waals surface area contributed by atoms with Crippen LogP contribution in [-0.4, -0.2) is 4.99 Å². The molecule has 0 radical (unpaired) electrons. The number of hydrogen-bond donors (Lipinski definition) is 2. The van der Waals surface area contributed by atoms with Crippen molar-refractivity contribution >= 4 is 34.5 Å². The van der Waals surface area contributed by atoms with Crippen molar-refractivity contribution in [1.82, 2.24) is 0 Å². The fourth-order valence-electron chi connectivity index (χ4n) is 1.69. The number of nitrogens with one attached hydrogen (secondary N) is 1. The van der Waals surface area contributed by atoms with Crippen molar-refractivity contribution in [2.45, 2.75) is 6.54 Å². The van der Waals surface area contributed by atoms with E-state index in [9.17, 15) is 8.78 Å². The maximum absolute atomic E-state index is 13.5. The molecule has 104 valence electrons. The van der Waals surface area contributed by atoms with E-state index in [1.54, 1.807) is 18.2 Å². The summed E-state index contributed by atoms with van der Waals surface area (Å²) in [5, 5.41) is 3.42. The highest BCUT2D eigenvalue weighted by molar-refractivity contribution is 7.80. The summed E-state index contributed by atoms with van der Waals surface area (Å²) in [6.45, 7) is 0.217. The van der Waals surface area contributed by atoms with Crippen molar-refractivity contribution in [3.63, 3.8) is 0 Å². The van der Waals surface area contributed by atoms with Crippen LogP contribution in [0, 0.1) is 11.6 Å². The van der Waals surface area contributed by atoms with E-state index in [1.165, 1.54) is 12.1 Å². The minimum Gasteiger partial charge on any atom is -0.389 e. The van der Waals surface area contributed by atoms with E-state index in [4.69, 9.17) is 29.6 Å². The number of hydrogen-bond acceptors (Lipinski definition) is 2. The number of rotatable bonds is 4. The molecule has 0 aromatic heterocycles. The second kappa shape index (κ2) is 6.15. The van der Waals surface area contributed by atoms with E-state index in [-0.39, 0.29) is 11.5 Å². The lowest BCUT2D eigenvalue weighted by Crippen LogP contribution is -2.10. The first kappa shape index (κ1) is 14.7. The monoisotopic (exact) mass is 312 g/mol. The molecule has 6 heteroatoms. The number of halogens is 3. The Morgan fingerprint density at radius 2 is 1.95 bits per heavy atom.